The summed E-state index contributed by atoms with van der Waals surface area (Å²) in [5.74, 6) is 0.862. The van der Waals surface area contributed by atoms with Gasteiger partial charge in [0, 0.05) is 6.54 Å². The van der Waals surface area contributed by atoms with Crippen LogP contribution in [0.4, 0.5) is 0 Å². The SMILES string of the molecule is C[CH]NCC(CC)CC. The number of hydrogen-bond donors (Lipinski definition) is 1. The van der Waals surface area contributed by atoms with Crippen LogP contribution in [0.2, 0.25) is 0 Å². The van der Waals surface area contributed by atoms with E-state index in [2.05, 4.69) is 19.2 Å². The first kappa shape index (κ1) is 8.96. The largest absolute Gasteiger partial charge is 0.312 e. The average Bonchev–Trinajstić information content (AvgIpc) is 1.91. The second-order valence-corrected chi connectivity index (χ2v) is 2.38. The summed E-state index contributed by atoms with van der Waals surface area (Å²) in [4.78, 5) is 0. The van der Waals surface area contributed by atoms with E-state index in [9.17, 15) is 0 Å². The maximum Gasteiger partial charge on any atom is 0.0190 e. The van der Waals surface area contributed by atoms with Gasteiger partial charge in [0.05, 0.1) is 0 Å². The van der Waals surface area contributed by atoms with Gasteiger partial charge in [0.2, 0.25) is 0 Å². The molecule has 0 atom stereocenters. The van der Waals surface area contributed by atoms with Crippen LogP contribution in [0, 0.1) is 12.5 Å². The third kappa shape index (κ3) is 4.46. The van der Waals surface area contributed by atoms with Crippen molar-refractivity contribution >= 4 is 0 Å². The van der Waals surface area contributed by atoms with Crippen molar-refractivity contribution in [2.45, 2.75) is 33.6 Å². The second kappa shape index (κ2) is 6.09. The first-order chi connectivity index (χ1) is 4.35. The first-order valence-electron chi connectivity index (χ1n) is 3.86. The third-order valence-corrected chi connectivity index (χ3v) is 1.77. The summed E-state index contributed by atoms with van der Waals surface area (Å²) in [5, 5.41) is 3.23. The third-order valence-electron chi connectivity index (χ3n) is 1.77. The fourth-order valence-electron chi connectivity index (χ4n) is 0.862. The molecular weight excluding hydrogens is 110 g/mol. The molecule has 0 saturated heterocycles. The van der Waals surface area contributed by atoms with Crippen molar-refractivity contribution in [3.63, 3.8) is 0 Å². The Hall–Kier alpha value is -0.0400. The number of nitrogens with one attached hydrogen (secondary N) is 1. The smallest absolute Gasteiger partial charge is 0.0190 e. The van der Waals surface area contributed by atoms with Crippen LogP contribution in [0.3, 0.4) is 0 Å². The molecule has 0 rings (SSSR count). The highest BCUT2D eigenvalue weighted by Crippen LogP contribution is 2.04. The van der Waals surface area contributed by atoms with Gasteiger partial charge in [-0.1, -0.05) is 26.7 Å². The van der Waals surface area contributed by atoms with Gasteiger partial charge in [-0.25, -0.2) is 0 Å². The summed E-state index contributed by atoms with van der Waals surface area (Å²) in [5.41, 5.74) is 0. The van der Waals surface area contributed by atoms with Crippen molar-refractivity contribution in [2.75, 3.05) is 6.54 Å². The zero-order valence-corrected chi connectivity index (χ0v) is 6.78. The molecule has 1 nitrogen and oxygen atoms in total. The van der Waals surface area contributed by atoms with Crippen LogP contribution in [0.25, 0.3) is 0 Å². The maximum absolute atomic E-state index is 3.23. The Kier molecular flexibility index (Phi) is 6.06. The molecule has 0 amide bonds. The van der Waals surface area contributed by atoms with Gasteiger partial charge in [-0.15, -0.1) is 0 Å². The summed E-state index contributed by atoms with van der Waals surface area (Å²) >= 11 is 0. The molecule has 0 aromatic rings. The quantitative estimate of drug-likeness (QED) is 0.598. The van der Waals surface area contributed by atoms with E-state index in [1.807, 2.05) is 13.5 Å². The van der Waals surface area contributed by atoms with Crippen LogP contribution in [-0.2, 0) is 0 Å². The molecule has 1 radical (unpaired) electrons. The Bertz CT molecular complexity index is 48.5. The molecule has 0 spiro atoms. The topological polar surface area (TPSA) is 12.0 Å². The van der Waals surface area contributed by atoms with E-state index in [0.29, 0.717) is 0 Å². The number of rotatable bonds is 5. The van der Waals surface area contributed by atoms with Gasteiger partial charge < -0.3 is 5.32 Å². The van der Waals surface area contributed by atoms with Crippen LogP contribution in [0.15, 0.2) is 0 Å². The Morgan fingerprint density at radius 2 is 1.89 bits per heavy atom. The van der Waals surface area contributed by atoms with Crippen LogP contribution in [0.1, 0.15) is 33.6 Å². The van der Waals surface area contributed by atoms with E-state index in [1.54, 1.807) is 0 Å². The Morgan fingerprint density at radius 3 is 2.22 bits per heavy atom. The standard InChI is InChI=1S/C8H18N/c1-4-8(5-2)7-9-6-3/h6,8-9H,4-5,7H2,1-3H3. The second-order valence-electron chi connectivity index (χ2n) is 2.38. The molecule has 1 N–H and O–H groups in total. The van der Waals surface area contributed by atoms with Crippen LogP contribution < -0.4 is 5.32 Å². The molecular formula is C8H18N. The van der Waals surface area contributed by atoms with E-state index < -0.39 is 0 Å². The predicted molar refractivity (Wildman–Crippen MR) is 42.0 cm³/mol. The van der Waals surface area contributed by atoms with E-state index >= 15 is 0 Å². The van der Waals surface area contributed by atoms with Gasteiger partial charge in [0.25, 0.3) is 0 Å². The normalized spacial score (nSPS) is 10.7. The number of hydrogen-bond acceptors (Lipinski definition) is 1. The van der Waals surface area contributed by atoms with Crippen molar-refractivity contribution in [1.29, 1.82) is 0 Å². The van der Waals surface area contributed by atoms with E-state index in [1.165, 1.54) is 12.8 Å². The minimum Gasteiger partial charge on any atom is -0.312 e. The fourth-order valence-corrected chi connectivity index (χ4v) is 0.862. The van der Waals surface area contributed by atoms with E-state index in [-0.39, 0.29) is 0 Å². The summed E-state index contributed by atoms with van der Waals surface area (Å²) in [6.07, 6.45) is 2.58. The Labute approximate surface area is 58.8 Å². The van der Waals surface area contributed by atoms with Gasteiger partial charge in [0.1, 0.15) is 0 Å². The molecule has 0 aromatic carbocycles. The molecule has 1 heteroatoms. The minimum absolute atomic E-state index is 0.862. The van der Waals surface area contributed by atoms with Gasteiger partial charge in [0.15, 0.2) is 0 Å². The zero-order valence-electron chi connectivity index (χ0n) is 6.78. The molecule has 55 valence electrons. The highest BCUT2D eigenvalue weighted by Gasteiger charge is 1.99. The average molecular weight is 128 g/mol. The molecule has 0 aliphatic carbocycles. The lowest BCUT2D eigenvalue weighted by molar-refractivity contribution is 0.469. The minimum atomic E-state index is 0.862. The summed E-state index contributed by atoms with van der Waals surface area (Å²) in [6, 6.07) is 0. The fraction of sp³-hybridized carbons (Fsp3) is 0.875. The van der Waals surface area contributed by atoms with E-state index in [4.69, 9.17) is 0 Å². The van der Waals surface area contributed by atoms with E-state index in [0.717, 1.165) is 12.5 Å². The predicted octanol–water partition coefficient (Wildman–Crippen LogP) is 2.19. The van der Waals surface area contributed by atoms with Gasteiger partial charge in [-0.3, -0.25) is 0 Å². The van der Waals surface area contributed by atoms with Crippen molar-refractivity contribution in [3.05, 3.63) is 6.54 Å². The zero-order chi connectivity index (χ0) is 7.11. The first-order valence-corrected chi connectivity index (χ1v) is 3.86. The maximum atomic E-state index is 3.23. The molecule has 0 aliphatic rings. The Morgan fingerprint density at radius 1 is 1.33 bits per heavy atom. The molecule has 0 unspecified atom stereocenters. The van der Waals surface area contributed by atoms with Crippen LogP contribution in [-0.4, -0.2) is 6.54 Å². The van der Waals surface area contributed by atoms with Gasteiger partial charge >= 0.3 is 0 Å². The molecule has 0 saturated carbocycles. The summed E-state index contributed by atoms with van der Waals surface area (Å²) in [7, 11) is 0. The molecule has 0 bridgehead atoms. The van der Waals surface area contributed by atoms with Gasteiger partial charge in [-0.2, -0.15) is 0 Å². The van der Waals surface area contributed by atoms with Crippen molar-refractivity contribution in [1.82, 2.24) is 5.32 Å². The highest BCUT2D eigenvalue weighted by molar-refractivity contribution is 4.60. The van der Waals surface area contributed by atoms with Crippen LogP contribution >= 0.6 is 0 Å². The summed E-state index contributed by atoms with van der Waals surface area (Å²) in [6.45, 7) is 9.67. The van der Waals surface area contributed by atoms with Crippen LogP contribution in [0.5, 0.6) is 0 Å². The molecule has 0 aromatic heterocycles. The van der Waals surface area contributed by atoms with Crippen molar-refractivity contribution in [2.24, 2.45) is 5.92 Å². The van der Waals surface area contributed by atoms with Crippen molar-refractivity contribution in [3.8, 4) is 0 Å². The highest BCUT2D eigenvalue weighted by atomic mass is 14.8. The molecule has 0 aliphatic heterocycles. The summed E-state index contributed by atoms with van der Waals surface area (Å²) < 4.78 is 0. The lowest BCUT2D eigenvalue weighted by Crippen LogP contribution is -2.18. The Balaban J connectivity index is 3.09. The molecule has 0 heterocycles. The lowest BCUT2D eigenvalue weighted by atomic mass is 10.0. The van der Waals surface area contributed by atoms with Gasteiger partial charge in [-0.05, 0) is 19.4 Å². The monoisotopic (exact) mass is 128 g/mol. The van der Waals surface area contributed by atoms with Crippen molar-refractivity contribution < 1.29 is 0 Å². The lowest BCUT2D eigenvalue weighted by Gasteiger charge is -2.10. The molecule has 9 heavy (non-hydrogen) atoms. The molecule has 0 fully saturated rings.